The molecule has 0 aliphatic rings. The Labute approximate surface area is 115 Å². The highest BCUT2D eigenvalue weighted by Crippen LogP contribution is 2.25. The van der Waals surface area contributed by atoms with Crippen LogP contribution in [0.1, 0.15) is 5.56 Å². The molecule has 0 unspecified atom stereocenters. The van der Waals surface area contributed by atoms with Crippen molar-refractivity contribution in [2.75, 3.05) is 0 Å². The largest absolute Gasteiger partial charge is 0.489 e. The van der Waals surface area contributed by atoms with Crippen molar-refractivity contribution >= 4 is 10.9 Å². The minimum atomic E-state index is -0.312. The molecule has 0 spiro atoms. The van der Waals surface area contributed by atoms with Gasteiger partial charge in [-0.2, -0.15) is 0 Å². The molecule has 1 aromatic heterocycles. The van der Waals surface area contributed by atoms with Crippen LogP contribution in [0.5, 0.6) is 5.75 Å². The molecule has 0 fully saturated rings. The fourth-order valence-electron chi connectivity index (χ4n) is 2.29. The monoisotopic (exact) mass is 273 g/mol. The molecule has 0 bridgehead atoms. The van der Waals surface area contributed by atoms with Crippen molar-refractivity contribution in [1.82, 2.24) is 4.57 Å². The van der Waals surface area contributed by atoms with Gasteiger partial charge in [-0.05, 0) is 36.4 Å². The average Bonchev–Trinajstić information content (AvgIpc) is 2.77. The molecule has 20 heavy (non-hydrogen) atoms. The van der Waals surface area contributed by atoms with Crippen LogP contribution in [0.4, 0.5) is 8.78 Å². The van der Waals surface area contributed by atoms with Crippen LogP contribution in [0.3, 0.4) is 0 Å². The summed E-state index contributed by atoms with van der Waals surface area (Å²) >= 11 is 0. The molecular formula is C16H13F2NO. The van der Waals surface area contributed by atoms with E-state index in [1.165, 1.54) is 18.2 Å². The molecular weight excluding hydrogens is 260 g/mol. The Balaban J connectivity index is 1.89. The number of benzene rings is 2. The van der Waals surface area contributed by atoms with Gasteiger partial charge in [-0.3, -0.25) is 0 Å². The summed E-state index contributed by atoms with van der Waals surface area (Å²) in [5.41, 5.74) is 1.59. The summed E-state index contributed by atoms with van der Waals surface area (Å²) in [4.78, 5) is 0. The molecule has 3 rings (SSSR count). The molecule has 0 aliphatic carbocycles. The summed E-state index contributed by atoms with van der Waals surface area (Å²) in [5.74, 6) is -0.0193. The SMILES string of the molecule is Cn1cc(COc2ccc(F)cc2)c2c(F)cccc21. The highest BCUT2D eigenvalue weighted by atomic mass is 19.1. The smallest absolute Gasteiger partial charge is 0.132 e. The maximum absolute atomic E-state index is 13.9. The molecule has 0 aliphatic heterocycles. The molecule has 2 nitrogen and oxygen atoms in total. The number of aromatic nitrogens is 1. The Morgan fingerprint density at radius 3 is 2.55 bits per heavy atom. The Hall–Kier alpha value is -2.36. The predicted molar refractivity (Wildman–Crippen MR) is 73.6 cm³/mol. The molecule has 0 N–H and O–H groups in total. The first-order valence-electron chi connectivity index (χ1n) is 6.26. The third kappa shape index (κ3) is 2.25. The second-order valence-electron chi connectivity index (χ2n) is 4.64. The molecule has 0 amide bonds. The van der Waals surface area contributed by atoms with Gasteiger partial charge in [0.15, 0.2) is 0 Å². The van der Waals surface area contributed by atoms with Crippen LogP contribution in [0.25, 0.3) is 10.9 Å². The lowest BCUT2D eigenvalue weighted by Crippen LogP contribution is -1.95. The number of halogens is 2. The van der Waals surface area contributed by atoms with Crippen LogP contribution in [0.2, 0.25) is 0 Å². The lowest BCUT2D eigenvalue weighted by molar-refractivity contribution is 0.306. The van der Waals surface area contributed by atoms with E-state index < -0.39 is 0 Å². The molecule has 0 saturated heterocycles. The van der Waals surface area contributed by atoms with E-state index in [0.717, 1.165) is 11.1 Å². The normalized spacial score (nSPS) is 10.9. The van der Waals surface area contributed by atoms with Crippen molar-refractivity contribution in [3.63, 3.8) is 0 Å². The van der Waals surface area contributed by atoms with Gasteiger partial charge >= 0.3 is 0 Å². The fraction of sp³-hybridized carbons (Fsp3) is 0.125. The van der Waals surface area contributed by atoms with Crippen LogP contribution in [-0.4, -0.2) is 4.57 Å². The van der Waals surface area contributed by atoms with Crippen molar-refractivity contribution < 1.29 is 13.5 Å². The quantitative estimate of drug-likeness (QED) is 0.702. The first-order valence-corrected chi connectivity index (χ1v) is 6.26. The van der Waals surface area contributed by atoms with Crippen LogP contribution in [0.15, 0.2) is 48.7 Å². The van der Waals surface area contributed by atoms with E-state index in [0.29, 0.717) is 11.1 Å². The van der Waals surface area contributed by atoms with Crippen LogP contribution in [0, 0.1) is 11.6 Å². The van der Waals surface area contributed by atoms with Crippen molar-refractivity contribution in [3.05, 3.63) is 65.9 Å². The fourth-order valence-corrected chi connectivity index (χ4v) is 2.29. The molecule has 2 aromatic carbocycles. The average molecular weight is 273 g/mol. The van der Waals surface area contributed by atoms with Gasteiger partial charge in [-0.1, -0.05) is 6.07 Å². The van der Waals surface area contributed by atoms with E-state index >= 15 is 0 Å². The zero-order valence-electron chi connectivity index (χ0n) is 10.9. The van der Waals surface area contributed by atoms with Crippen molar-refractivity contribution in [3.8, 4) is 5.75 Å². The predicted octanol–water partition coefficient (Wildman–Crippen LogP) is 4.04. The lowest BCUT2D eigenvalue weighted by Gasteiger charge is -2.05. The van der Waals surface area contributed by atoms with Gasteiger partial charge in [-0.25, -0.2) is 8.78 Å². The van der Waals surface area contributed by atoms with E-state index in [4.69, 9.17) is 4.74 Å². The van der Waals surface area contributed by atoms with E-state index in [1.807, 2.05) is 23.9 Å². The molecule has 102 valence electrons. The summed E-state index contributed by atoms with van der Waals surface area (Å²) in [6.45, 7) is 0.240. The summed E-state index contributed by atoms with van der Waals surface area (Å²) < 4.78 is 34.2. The summed E-state index contributed by atoms with van der Waals surface area (Å²) in [5, 5.41) is 0.567. The highest BCUT2D eigenvalue weighted by Gasteiger charge is 2.11. The van der Waals surface area contributed by atoms with Crippen molar-refractivity contribution in [2.24, 2.45) is 7.05 Å². The lowest BCUT2D eigenvalue weighted by atomic mass is 10.2. The van der Waals surface area contributed by atoms with Gasteiger partial charge in [-0.15, -0.1) is 0 Å². The molecule has 0 atom stereocenters. The zero-order valence-corrected chi connectivity index (χ0v) is 10.9. The number of hydrogen-bond acceptors (Lipinski definition) is 1. The van der Waals surface area contributed by atoms with E-state index in [2.05, 4.69) is 0 Å². The number of rotatable bonds is 3. The maximum atomic E-state index is 13.9. The summed E-state index contributed by atoms with van der Waals surface area (Å²) in [7, 11) is 1.86. The van der Waals surface area contributed by atoms with Gasteiger partial charge in [0, 0.05) is 24.2 Å². The number of nitrogens with zero attached hydrogens (tertiary/aromatic N) is 1. The second kappa shape index (κ2) is 4.96. The van der Waals surface area contributed by atoms with Crippen LogP contribution >= 0.6 is 0 Å². The van der Waals surface area contributed by atoms with Gasteiger partial charge in [0.25, 0.3) is 0 Å². The minimum absolute atomic E-state index is 0.240. The molecule has 0 radical (unpaired) electrons. The van der Waals surface area contributed by atoms with Crippen molar-refractivity contribution in [2.45, 2.75) is 6.61 Å². The van der Waals surface area contributed by atoms with Gasteiger partial charge in [0.1, 0.15) is 24.0 Å². The van der Waals surface area contributed by atoms with Gasteiger partial charge < -0.3 is 9.30 Å². The van der Waals surface area contributed by atoms with Crippen LogP contribution < -0.4 is 4.74 Å². The van der Waals surface area contributed by atoms with Crippen LogP contribution in [-0.2, 0) is 13.7 Å². The Morgan fingerprint density at radius 2 is 1.80 bits per heavy atom. The number of hydrogen-bond donors (Lipinski definition) is 0. The topological polar surface area (TPSA) is 14.2 Å². The van der Waals surface area contributed by atoms with Crippen molar-refractivity contribution in [1.29, 1.82) is 0 Å². The molecule has 4 heteroatoms. The van der Waals surface area contributed by atoms with Gasteiger partial charge in [0.05, 0.1) is 5.52 Å². The van der Waals surface area contributed by atoms with E-state index in [-0.39, 0.29) is 18.2 Å². The third-order valence-electron chi connectivity index (χ3n) is 3.25. The molecule has 1 heterocycles. The van der Waals surface area contributed by atoms with E-state index in [1.54, 1.807) is 18.2 Å². The first kappa shape index (κ1) is 12.7. The minimum Gasteiger partial charge on any atom is -0.489 e. The maximum Gasteiger partial charge on any atom is 0.132 e. The standard InChI is InChI=1S/C16H13F2NO/c1-19-9-11(16-14(18)3-2-4-15(16)19)10-20-13-7-5-12(17)6-8-13/h2-9H,10H2,1H3. The molecule has 3 aromatic rings. The second-order valence-corrected chi connectivity index (χ2v) is 4.64. The first-order chi connectivity index (χ1) is 9.65. The number of fused-ring (bicyclic) bond motifs is 1. The summed E-state index contributed by atoms with van der Waals surface area (Å²) in [6, 6.07) is 10.7. The Bertz CT molecular complexity index is 747. The van der Waals surface area contributed by atoms with Gasteiger partial charge in [0.2, 0.25) is 0 Å². The highest BCUT2D eigenvalue weighted by molar-refractivity contribution is 5.84. The molecule has 0 saturated carbocycles. The summed E-state index contributed by atoms with van der Waals surface area (Å²) in [6.07, 6.45) is 1.84. The Kier molecular flexibility index (Phi) is 3.14. The Morgan fingerprint density at radius 1 is 1.05 bits per heavy atom. The number of aryl methyl sites for hydroxylation is 1. The third-order valence-corrected chi connectivity index (χ3v) is 3.25. The van der Waals surface area contributed by atoms with E-state index in [9.17, 15) is 8.78 Å². The number of ether oxygens (including phenoxy) is 1. The zero-order chi connectivity index (χ0) is 14.1.